The van der Waals surface area contributed by atoms with Crippen LogP contribution in [0.25, 0.3) is 0 Å². The average Bonchev–Trinajstić information content (AvgIpc) is 2.93. The van der Waals surface area contributed by atoms with E-state index < -0.39 is 69.0 Å². The Morgan fingerprint density at radius 1 is 0.667 bits per heavy atom. The molecule has 0 saturated carbocycles. The number of esters is 4. The smallest absolute Gasteiger partial charge is 0.463 e. The van der Waals surface area contributed by atoms with Crippen LogP contribution in [0.2, 0.25) is 0 Å². The van der Waals surface area contributed by atoms with Crippen molar-refractivity contribution in [3.05, 3.63) is 71.8 Å². The Kier molecular flexibility index (Phi) is 12.2. The van der Waals surface area contributed by atoms with Gasteiger partial charge in [-0.1, -0.05) is 60.7 Å². The van der Waals surface area contributed by atoms with Gasteiger partial charge in [-0.15, -0.1) is 0 Å². The van der Waals surface area contributed by atoms with Gasteiger partial charge in [-0.25, -0.2) is 4.57 Å². The molecule has 3 rings (SSSR count). The number of carbonyl (C=O) groups excluding carboxylic acids is 4. The highest BCUT2D eigenvalue weighted by Gasteiger charge is 2.55. The van der Waals surface area contributed by atoms with Crippen LogP contribution in [0.3, 0.4) is 0 Å². The molecular formula is C28H33O13P. The van der Waals surface area contributed by atoms with E-state index in [4.69, 9.17) is 37.3 Å². The second-order valence-electron chi connectivity index (χ2n) is 9.14. The Balaban J connectivity index is 1.98. The van der Waals surface area contributed by atoms with Gasteiger partial charge in [0.2, 0.25) is 6.29 Å². The van der Waals surface area contributed by atoms with Crippen LogP contribution in [-0.2, 0) is 74.2 Å². The zero-order valence-electron chi connectivity index (χ0n) is 23.5. The zero-order valence-corrected chi connectivity index (χ0v) is 24.4. The minimum atomic E-state index is -4.54. The fourth-order valence-electron chi connectivity index (χ4n) is 3.95. The van der Waals surface area contributed by atoms with Crippen LogP contribution in [0, 0.1) is 0 Å². The van der Waals surface area contributed by atoms with Crippen molar-refractivity contribution in [3.8, 4) is 0 Å². The maximum atomic E-state index is 14.1. The summed E-state index contributed by atoms with van der Waals surface area (Å²) in [6.45, 7) is 3.52. The average molecular weight is 609 g/mol. The molecule has 1 saturated heterocycles. The summed E-state index contributed by atoms with van der Waals surface area (Å²) in [7, 11) is -4.54. The number of phosphoric acid groups is 1. The molecule has 1 heterocycles. The molecule has 0 N–H and O–H groups in total. The highest BCUT2D eigenvalue weighted by atomic mass is 31.2. The lowest BCUT2D eigenvalue weighted by Gasteiger charge is -2.44. The Bertz CT molecular complexity index is 1210. The molecule has 1 aliphatic heterocycles. The Morgan fingerprint density at radius 3 is 1.57 bits per heavy atom. The van der Waals surface area contributed by atoms with E-state index in [0.717, 1.165) is 27.7 Å². The predicted octanol–water partition coefficient (Wildman–Crippen LogP) is 3.63. The number of ether oxygens (including phenoxy) is 5. The standard InChI is InChI=1S/C28H33O13P/c1-18(29)34-17-24-25(37-19(2)30)26(38-20(3)31)27(39-21(4)32)28(40-24)41-42(33,35-15-22-11-7-5-8-12-22)36-16-23-13-9-6-10-14-23/h5-14,24-28H,15-17H2,1-4H3/t24?,25-,26+,27?,28-/m1/s1. The predicted molar refractivity (Wildman–Crippen MR) is 143 cm³/mol. The molecule has 13 nitrogen and oxygen atoms in total. The van der Waals surface area contributed by atoms with Crippen molar-refractivity contribution >= 4 is 31.7 Å². The summed E-state index contributed by atoms with van der Waals surface area (Å²) in [5, 5.41) is 0. The molecule has 14 heteroatoms. The maximum Gasteiger partial charge on any atom is 0.477 e. The van der Waals surface area contributed by atoms with E-state index in [0.29, 0.717) is 11.1 Å². The number of phosphoric ester groups is 1. The fourth-order valence-corrected chi connectivity index (χ4v) is 5.19. The van der Waals surface area contributed by atoms with E-state index in [1.54, 1.807) is 60.7 Å². The molecule has 228 valence electrons. The number of benzene rings is 2. The number of hydrogen-bond acceptors (Lipinski definition) is 13. The van der Waals surface area contributed by atoms with E-state index in [9.17, 15) is 23.7 Å². The number of rotatable bonds is 13. The van der Waals surface area contributed by atoms with Gasteiger partial charge in [0.1, 0.15) is 12.7 Å². The van der Waals surface area contributed by atoms with Crippen LogP contribution in [0.5, 0.6) is 0 Å². The van der Waals surface area contributed by atoms with Gasteiger partial charge in [-0.2, -0.15) is 0 Å². The SMILES string of the molecule is CC(=O)OCC1O[C@H](OP(=O)(OCc2ccccc2)OCc2ccccc2)C(OC(C)=O)[C@@H](OC(C)=O)[C@@H]1OC(C)=O. The van der Waals surface area contributed by atoms with Crippen LogP contribution in [0.4, 0.5) is 0 Å². The molecule has 0 aromatic heterocycles. The van der Waals surface area contributed by atoms with E-state index in [-0.39, 0.29) is 13.2 Å². The van der Waals surface area contributed by atoms with Crippen molar-refractivity contribution in [1.82, 2.24) is 0 Å². The molecule has 1 fully saturated rings. The molecule has 0 bridgehead atoms. The van der Waals surface area contributed by atoms with Gasteiger partial charge in [0, 0.05) is 27.7 Å². The molecule has 2 unspecified atom stereocenters. The fraction of sp³-hybridized carbons (Fsp3) is 0.429. The summed E-state index contributed by atoms with van der Waals surface area (Å²) in [5.41, 5.74) is 1.29. The summed E-state index contributed by atoms with van der Waals surface area (Å²) in [6, 6.07) is 17.6. The lowest BCUT2D eigenvalue weighted by molar-refractivity contribution is -0.292. The summed E-state index contributed by atoms with van der Waals surface area (Å²) in [4.78, 5) is 47.7. The van der Waals surface area contributed by atoms with Gasteiger partial charge in [-0.3, -0.25) is 32.7 Å². The Morgan fingerprint density at radius 2 is 1.12 bits per heavy atom. The van der Waals surface area contributed by atoms with Gasteiger partial charge in [-0.05, 0) is 11.1 Å². The molecule has 0 radical (unpaired) electrons. The summed E-state index contributed by atoms with van der Waals surface area (Å²) in [5.74, 6) is -3.16. The van der Waals surface area contributed by atoms with Crippen molar-refractivity contribution in [2.24, 2.45) is 0 Å². The number of carbonyl (C=O) groups is 4. The van der Waals surface area contributed by atoms with E-state index in [1.807, 2.05) is 0 Å². The second kappa shape index (κ2) is 15.6. The number of hydrogen-bond donors (Lipinski definition) is 0. The van der Waals surface area contributed by atoms with Crippen molar-refractivity contribution in [1.29, 1.82) is 0 Å². The lowest BCUT2D eigenvalue weighted by atomic mass is 9.98. The maximum absolute atomic E-state index is 14.1. The van der Waals surface area contributed by atoms with Crippen LogP contribution < -0.4 is 0 Å². The van der Waals surface area contributed by atoms with Crippen molar-refractivity contribution in [3.63, 3.8) is 0 Å². The molecule has 1 aliphatic rings. The third-order valence-corrected chi connectivity index (χ3v) is 7.00. The van der Waals surface area contributed by atoms with Crippen molar-refractivity contribution < 1.29 is 61.0 Å². The summed E-state index contributed by atoms with van der Waals surface area (Å²) in [6.07, 6.45) is -7.62. The molecular weight excluding hydrogens is 575 g/mol. The zero-order chi connectivity index (χ0) is 30.7. The summed E-state index contributed by atoms with van der Waals surface area (Å²) < 4.78 is 58.2. The molecule has 0 spiro atoms. The minimum Gasteiger partial charge on any atom is -0.463 e. The highest BCUT2D eigenvalue weighted by Crippen LogP contribution is 2.53. The Labute approximate surface area is 242 Å². The first kappa shape index (κ1) is 32.9. The van der Waals surface area contributed by atoms with Gasteiger partial charge in [0.25, 0.3) is 0 Å². The first-order valence-corrected chi connectivity index (χ1v) is 14.4. The first-order valence-electron chi connectivity index (χ1n) is 12.9. The molecule has 5 atom stereocenters. The molecule has 2 aromatic rings. The highest BCUT2D eigenvalue weighted by molar-refractivity contribution is 7.48. The van der Waals surface area contributed by atoms with Crippen molar-refractivity contribution in [2.45, 2.75) is 71.6 Å². The van der Waals surface area contributed by atoms with Crippen LogP contribution in [-0.4, -0.2) is 61.2 Å². The normalized spacial score (nSPS) is 22.0. The lowest BCUT2D eigenvalue weighted by Crippen LogP contribution is -2.62. The van der Waals surface area contributed by atoms with Crippen LogP contribution in [0.1, 0.15) is 38.8 Å². The van der Waals surface area contributed by atoms with E-state index in [2.05, 4.69) is 0 Å². The largest absolute Gasteiger partial charge is 0.477 e. The topological polar surface area (TPSA) is 159 Å². The van der Waals surface area contributed by atoms with Gasteiger partial charge >= 0.3 is 31.7 Å². The van der Waals surface area contributed by atoms with E-state index in [1.165, 1.54) is 0 Å². The third-order valence-electron chi connectivity index (χ3n) is 5.65. The second-order valence-corrected chi connectivity index (χ2v) is 10.8. The molecule has 2 aromatic carbocycles. The quantitative estimate of drug-likeness (QED) is 0.184. The van der Waals surface area contributed by atoms with E-state index >= 15 is 0 Å². The summed E-state index contributed by atoms with van der Waals surface area (Å²) >= 11 is 0. The van der Waals surface area contributed by atoms with Gasteiger partial charge in [0.15, 0.2) is 18.3 Å². The molecule has 42 heavy (non-hydrogen) atoms. The minimum absolute atomic E-state index is 0.196. The monoisotopic (exact) mass is 608 g/mol. The Hall–Kier alpha value is -3.61. The van der Waals surface area contributed by atoms with Crippen LogP contribution >= 0.6 is 7.82 Å². The first-order chi connectivity index (χ1) is 20.0. The van der Waals surface area contributed by atoms with Gasteiger partial charge in [0.05, 0.1) is 13.2 Å². The molecule has 0 amide bonds. The van der Waals surface area contributed by atoms with Crippen LogP contribution in [0.15, 0.2) is 60.7 Å². The van der Waals surface area contributed by atoms with Crippen molar-refractivity contribution in [2.75, 3.05) is 6.61 Å². The molecule has 0 aliphatic carbocycles. The third kappa shape index (κ3) is 10.3. The van der Waals surface area contributed by atoms with Gasteiger partial charge < -0.3 is 23.7 Å².